The van der Waals surface area contributed by atoms with E-state index in [-0.39, 0.29) is 24.1 Å². The van der Waals surface area contributed by atoms with Crippen molar-refractivity contribution in [1.29, 1.82) is 0 Å². The van der Waals surface area contributed by atoms with Gasteiger partial charge in [0.25, 0.3) is 5.91 Å². The van der Waals surface area contributed by atoms with Gasteiger partial charge in [0.05, 0.1) is 16.8 Å². The first-order valence-corrected chi connectivity index (χ1v) is 10.4. The molecule has 5 nitrogen and oxygen atoms in total. The summed E-state index contributed by atoms with van der Waals surface area (Å²) >= 11 is 0. The van der Waals surface area contributed by atoms with Crippen LogP contribution in [0.4, 0.5) is 13.2 Å². The molecule has 0 saturated heterocycles. The first kappa shape index (κ1) is 21.9. The molecule has 1 aliphatic carbocycles. The van der Waals surface area contributed by atoms with Crippen molar-refractivity contribution in [3.8, 4) is 5.69 Å². The van der Waals surface area contributed by atoms with Crippen molar-refractivity contribution in [2.75, 3.05) is 0 Å². The summed E-state index contributed by atoms with van der Waals surface area (Å²) in [6, 6.07) is 11.8. The number of carbonyl (C=O) groups is 2. The Morgan fingerprint density at radius 3 is 2.44 bits per heavy atom. The third-order valence-corrected chi connectivity index (χ3v) is 6.31. The lowest BCUT2D eigenvalue weighted by molar-refractivity contribution is -0.146. The Morgan fingerprint density at radius 2 is 1.78 bits per heavy atom. The van der Waals surface area contributed by atoms with Crippen molar-refractivity contribution in [2.24, 2.45) is 5.92 Å². The number of aromatic nitrogens is 1. The summed E-state index contributed by atoms with van der Waals surface area (Å²) in [4.78, 5) is 25.0. The van der Waals surface area contributed by atoms with E-state index in [1.54, 1.807) is 30.3 Å². The predicted molar refractivity (Wildman–Crippen MR) is 114 cm³/mol. The van der Waals surface area contributed by atoms with Gasteiger partial charge in [-0.1, -0.05) is 25.1 Å². The fourth-order valence-corrected chi connectivity index (χ4v) is 4.34. The number of alkyl halides is 3. The molecule has 1 amide bonds. The van der Waals surface area contributed by atoms with Crippen LogP contribution in [0.2, 0.25) is 0 Å². The van der Waals surface area contributed by atoms with Crippen molar-refractivity contribution in [3.05, 3.63) is 65.9 Å². The van der Waals surface area contributed by atoms with Crippen molar-refractivity contribution in [2.45, 2.75) is 44.3 Å². The Bertz CT molecular complexity index is 1170. The number of fused-ring (bicyclic) bond motifs is 1. The fraction of sp³-hybridized carbons (Fsp3) is 0.333. The lowest BCUT2D eigenvalue weighted by atomic mass is 9.77. The number of carboxylic acids is 1. The molecule has 0 aliphatic heterocycles. The molecule has 4 rings (SSSR count). The van der Waals surface area contributed by atoms with Crippen LogP contribution in [0.25, 0.3) is 16.6 Å². The molecule has 0 radical (unpaired) electrons. The SMILES string of the molecule is C[C@H]1CC[C@@](NC(=O)c2ccc(C(F)(F)F)c(-n3ccc4ccccc43)c2)(C(=O)O)CC1. The van der Waals surface area contributed by atoms with Crippen LogP contribution in [0.5, 0.6) is 0 Å². The zero-order valence-corrected chi connectivity index (χ0v) is 17.4. The minimum Gasteiger partial charge on any atom is -0.480 e. The molecule has 1 heterocycles. The van der Waals surface area contributed by atoms with E-state index in [2.05, 4.69) is 5.32 Å². The highest BCUT2D eigenvalue weighted by molar-refractivity contribution is 5.98. The van der Waals surface area contributed by atoms with Crippen molar-refractivity contribution < 1.29 is 27.9 Å². The molecule has 1 fully saturated rings. The maximum atomic E-state index is 13.8. The van der Waals surface area contributed by atoms with Crippen LogP contribution in [0, 0.1) is 5.92 Å². The normalized spacial score (nSPS) is 21.4. The van der Waals surface area contributed by atoms with E-state index in [0.29, 0.717) is 24.3 Å². The predicted octanol–water partition coefficient (Wildman–Crippen LogP) is 5.41. The topological polar surface area (TPSA) is 71.3 Å². The molecular weight excluding hydrogens is 421 g/mol. The van der Waals surface area contributed by atoms with Gasteiger partial charge in [-0.15, -0.1) is 0 Å². The van der Waals surface area contributed by atoms with E-state index < -0.39 is 29.2 Å². The van der Waals surface area contributed by atoms with E-state index in [1.807, 2.05) is 6.92 Å². The monoisotopic (exact) mass is 444 g/mol. The van der Waals surface area contributed by atoms with Crippen LogP contribution in [0.15, 0.2) is 54.7 Å². The van der Waals surface area contributed by atoms with Gasteiger partial charge in [-0.25, -0.2) is 4.79 Å². The molecule has 32 heavy (non-hydrogen) atoms. The largest absolute Gasteiger partial charge is 0.480 e. The van der Waals surface area contributed by atoms with Crippen molar-refractivity contribution >= 4 is 22.8 Å². The first-order valence-electron chi connectivity index (χ1n) is 10.4. The van der Waals surface area contributed by atoms with Crippen LogP contribution < -0.4 is 5.32 Å². The number of rotatable bonds is 4. The standard InChI is InChI=1S/C24H23F3N2O3/c1-15-8-11-23(12-9-15,22(31)32)28-21(30)17-6-7-18(24(25,26)27)20(14-17)29-13-10-16-4-2-3-5-19(16)29/h2-7,10,13-15H,8-9,11-12H2,1H3,(H,28,30)(H,31,32)/t15-,23-. The van der Waals surface area contributed by atoms with Gasteiger partial charge in [0, 0.05) is 11.8 Å². The van der Waals surface area contributed by atoms with Crippen molar-refractivity contribution in [3.63, 3.8) is 0 Å². The molecule has 1 aliphatic rings. The second-order valence-corrected chi connectivity index (χ2v) is 8.50. The molecule has 0 spiro atoms. The third-order valence-electron chi connectivity index (χ3n) is 6.31. The van der Waals surface area contributed by atoms with Gasteiger partial charge < -0.3 is 15.0 Å². The summed E-state index contributed by atoms with van der Waals surface area (Å²) in [5.74, 6) is -1.46. The number of benzene rings is 2. The minimum atomic E-state index is -4.63. The second kappa shape index (κ2) is 8.00. The average Bonchev–Trinajstić information content (AvgIpc) is 3.18. The van der Waals surface area contributed by atoms with Crippen molar-refractivity contribution in [1.82, 2.24) is 9.88 Å². The third kappa shape index (κ3) is 3.97. The Kier molecular flexibility index (Phi) is 5.48. The van der Waals surface area contributed by atoms with Gasteiger partial charge in [0.1, 0.15) is 5.54 Å². The van der Waals surface area contributed by atoms with Crippen LogP contribution in [-0.2, 0) is 11.0 Å². The van der Waals surface area contributed by atoms with Gasteiger partial charge in [-0.05, 0) is 67.3 Å². The number of halogens is 3. The molecule has 0 atom stereocenters. The zero-order chi connectivity index (χ0) is 23.1. The molecule has 1 saturated carbocycles. The van der Waals surface area contributed by atoms with Crippen LogP contribution in [-0.4, -0.2) is 27.1 Å². The maximum absolute atomic E-state index is 13.8. The van der Waals surface area contributed by atoms with Gasteiger partial charge in [0.15, 0.2) is 0 Å². The minimum absolute atomic E-state index is 0.0231. The van der Waals surface area contributed by atoms with Crippen LogP contribution >= 0.6 is 0 Å². The maximum Gasteiger partial charge on any atom is 0.418 e. The number of aliphatic carboxylic acids is 1. The lowest BCUT2D eigenvalue weighted by Crippen LogP contribution is -2.56. The number of hydrogen-bond acceptors (Lipinski definition) is 2. The molecular formula is C24H23F3N2O3. The molecule has 8 heteroatoms. The highest BCUT2D eigenvalue weighted by atomic mass is 19.4. The number of nitrogens with one attached hydrogen (secondary N) is 1. The van der Waals surface area contributed by atoms with E-state index in [4.69, 9.17) is 0 Å². The summed E-state index contributed by atoms with van der Waals surface area (Å²) in [6.07, 6.45) is -1.23. The summed E-state index contributed by atoms with van der Waals surface area (Å²) in [5, 5.41) is 13.1. The van der Waals surface area contributed by atoms with Gasteiger partial charge in [-0.3, -0.25) is 4.79 Å². The number of hydrogen-bond donors (Lipinski definition) is 2. The molecule has 3 aromatic rings. The lowest BCUT2D eigenvalue weighted by Gasteiger charge is -2.36. The van der Waals surface area contributed by atoms with E-state index in [1.165, 1.54) is 16.8 Å². The smallest absolute Gasteiger partial charge is 0.418 e. The summed E-state index contributed by atoms with van der Waals surface area (Å²) < 4.78 is 42.7. The summed E-state index contributed by atoms with van der Waals surface area (Å²) in [7, 11) is 0. The highest BCUT2D eigenvalue weighted by Crippen LogP contribution is 2.37. The first-order chi connectivity index (χ1) is 15.1. The number of para-hydroxylation sites is 1. The van der Waals surface area contributed by atoms with E-state index >= 15 is 0 Å². The average molecular weight is 444 g/mol. The zero-order valence-electron chi connectivity index (χ0n) is 17.4. The Balaban J connectivity index is 1.75. The summed E-state index contributed by atoms with van der Waals surface area (Å²) in [6.45, 7) is 2.02. The van der Waals surface area contributed by atoms with E-state index in [0.717, 1.165) is 17.5 Å². The summed E-state index contributed by atoms with van der Waals surface area (Å²) in [5.41, 5.74) is -1.93. The van der Waals surface area contributed by atoms with Crippen LogP contribution in [0.1, 0.15) is 48.5 Å². The van der Waals surface area contributed by atoms with Gasteiger partial charge >= 0.3 is 12.1 Å². The Hall–Kier alpha value is -3.29. The second-order valence-electron chi connectivity index (χ2n) is 8.50. The molecule has 1 aromatic heterocycles. The number of amides is 1. The Labute approximate surface area is 182 Å². The van der Waals surface area contributed by atoms with E-state index in [9.17, 15) is 27.9 Å². The number of carboxylic acid groups (broad SMARTS) is 1. The fourth-order valence-electron chi connectivity index (χ4n) is 4.34. The molecule has 0 unspecified atom stereocenters. The molecule has 2 aromatic carbocycles. The molecule has 0 bridgehead atoms. The number of nitrogens with zero attached hydrogens (tertiary/aromatic N) is 1. The van der Waals surface area contributed by atoms with Gasteiger partial charge in [0.2, 0.25) is 0 Å². The molecule has 168 valence electrons. The number of carbonyl (C=O) groups excluding carboxylic acids is 1. The Morgan fingerprint density at radius 1 is 1.09 bits per heavy atom. The van der Waals surface area contributed by atoms with Crippen LogP contribution in [0.3, 0.4) is 0 Å². The molecule has 2 N–H and O–H groups in total. The quantitative estimate of drug-likeness (QED) is 0.565. The van der Waals surface area contributed by atoms with Gasteiger partial charge in [-0.2, -0.15) is 13.2 Å². The highest BCUT2D eigenvalue weighted by Gasteiger charge is 2.43.